The molecule has 1 heterocycles. The maximum atomic E-state index is 12.9. The lowest BCUT2D eigenvalue weighted by Crippen LogP contribution is -2.34. The largest absolute Gasteiger partial charge is 0.433 e. The molecule has 0 spiro atoms. The molecule has 1 atom stereocenters. The fourth-order valence-electron chi connectivity index (χ4n) is 1.66. The van der Waals surface area contributed by atoms with Crippen LogP contribution in [0.5, 0.6) is 0 Å². The molecule has 0 bridgehead atoms. The normalized spacial score (nSPS) is 13.4. The Morgan fingerprint density at radius 3 is 2.68 bits per heavy atom. The van der Waals surface area contributed by atoms with Gasteiger partial charge in [0.1, 0.15) is 0 Å². The first-order chi connectivity index (χ1) is 8.81. The summed E-state index contributed by atoms with van der Waals surface area (Å²) in [5.74, 6) is -0.840. The van der Waals surface area contributed by atoms with Gasteiger partial charge >= 0.3 is 6.18 Å². The monoisotopic (exact) mass is 279 g/mol. The molecule has 0 aromatic carbocycles. The van der Waals surface area contributed by atoms with Crippen molar-refractivity contribution in [2.45, 2.75) is 39.0 Å². The van der Waals surface area contributed by atoms with Gasteiger partial charge in [0, 0.05) is 19.2 Å². The van der Waals surface area contributed by atoms with Gasteiger partial charge in [-0.25, -0.2) is 0 Å². The van der Waals surface area contributed by atoms with Gasteiger partial charge in [-0.3, -0.25) is 9.48 Å². The number of alkyl halides is 3. The van der Waals surface area contributed by atoms with Crippen molar-refractivity contribution in [3.8, 4) is 0 Å². The number of hydrogen-bond donors (Lipinski definition) is 2. The van der Waals surface area contributed by atoms with Crippen molar-refractivity contribution >= 4 is 5.91 Å². The molecule has 0 saturated carbocycles. The van der Waals surface area contributed by atoms with E-state index in [9.17, 15) is 18.0 Å². The van der Waals surface area contributed by atoms with E-state index in [2.05, 4.69) is 10.4 Å². The van der Waals surface area contributed by atoms with Crippen LogP contribution in [-0.4, -0.2) is 33.4 Å². The van der Waals surface area contributed by atoms with Crippen LogP contribution in [0.3, 0.4) is 0 Å². The Labute approximate surface area is 108 Å². The van der Waals surface area contributed by atoms with Crippen LogP contribution in [0.2, 0.25) is 0 Å². The van der Waals surface area contributed by atoms with Crippen LogP contribution in [-0.2, 0) is 12.7 Å². The molecule has 1 aromatic heterocycles. The summed E-state index contributed by atoms with van der Waals surface area (Å²) in [4.78, 5) is 11.8. The second-order valence-electron chi connectivity index (χ2n) is 4.11. The minimum absolute atomic E-state index is 0.0221. The van der Waals surface area contributed by atoms with E-state index in [1.54, 1.807) is 6.92 Å². The van der Waals surface area contributed by atoms with Gasteiger partial charge in [0.2, 0.25) is 0 Å². The summed E-state index contributed by atoms with van der Waals surface area (Å²) >= 11 is 0. The van der Waals surface area contributed by atoms with Gasteiger partial charge < -0.3 is 10.4 Å². The first kappa shape index (κ1) is 15.5. The van der Waals surface area contributed by atoms with Crippen molar-refractivity contribution in [3.63, 3.8) is 0 Å². The minimum atomic E-state index is -4.64. The summed E-state index contributed by atoms with van der Waals surface area (Å²) in [6, 6.07) is -0.413. The Kier molecular flexibility index (Phi) is 4.93. The molecule has 0 aliphatic carbocycles. The summed E-state index contributed by atoms with van der Waals surface area (Å²) in [6.45, 7) is 2.99. The van der Waals surface area contributed by atoms with Gasteiger partial charge in [-0.05, 0) is 20.3 Å². The van der Waals surface area contributed by atoms with E-state index < -0.39 is 29.4 Å². The molecule has 1 rings (SSSR count). The zero-order valence-electron chi connectivity index (χ0n) is 10.7. The summed E-state index contributed by atoms with van der Waals surface area (Å²) in [5, 5.41) is 14.7. The van der Waals surface area contributed by atoms with Gasteiger partial charge in [0.25, 0.3) is 5.91 Å². The fraction of sp³-hybridized carbons (Fsp3) is 0.636. The van der Waals surface area contributed by atoms with Gasteiger partial charge in [-0.15, -0.1) is 0 Å². The van der Waals surface area contributed by atoms with E-state index in [0.717, 1.165) is 10.9 Å². The third kappa shape index (κ3) is 3.69. The maximum Gasteiger partial charge on any atom is 0.433 e. The van der Waals surface area contributed by atoms with E-state index in [1.165, 1.54) is 6.92 Å². The lowest BCUT2D eigenvalue weighted by molar-refractivity contribution is -0.144. The van der Waals surface area contributed by atoms with Crippen molar-refractivity contribution < 1.29 is 23.1 Å². The molecule has 0 radical (unpaired) electrons. The number of halogens is 3. The SMILES string of the molecule is CCn1ncc(C(=O)NC(C)CCO)c1C(F)(F)F. The number of carbonyl (C=O) groups excluding carboxylic acids is 1. The molecule has 8 heteroatoms. The van der Waals surface area contributed by atoms with Crippen molar-refractivity contribution in [1.82, 2.24) is 15.1 Å². The number of carbonyl (C=O) groups is 1. The topological polar surface area (TPSA) is 67.2 Å². The Morgan fingerprint density at radius 2 is 2.21 bits per heavy atom. The van der Waals surface area contributed by atoms with Crippen molar-refractivity contribution in [1.29, 1.82) is 0 Å². The highest BCUT2D eigenvalue weighted by atomic mass is 19.4. The summed E-state index contributed by atoms with van der Waals surface area (Å²) in [5.41, 5.74) is -1.55. The molecular formula is C11H16F3N3O2. The highest BCUT2D eigenvalue weighted by Crippen LogP contribution is 2.32. The maximum absolute atomic E-state index is 12.9. The van der Waals surface area contributed by atoms with Crippen LogP contribution in [0.25, 0.3) is 0 Å². The van der Waals surface area contributed by atoms with Crippen LogP contribution in [0.15, 0.2) is 6.20 Å². The molecule has 19 heavy (non-hydrogen) atoms. The van der Waals surface area contributed by atoms with E-state index in [-0.39, 0.29) is 19.6 Å². The zero-order chi connectivity index (χ0) is 14.6. The number of aliphatic hydroxyl groups is 1. The zero-order valence-corrected chi connectivity index (χ0v) is 10.7. The van der Waals surface area contributed by atoms with Crippen LogP contribution in [0, 0.1) is 0 Å². The average Bonchev–Trinajstić information content (AvgIpc) is 2.72. The fourth-order valence-corrected chi connectivity index (χ4v) is 1.66. The van der Waals surface area contributed by atoms with Crippen LogP contribution < -0.4 is 5.32 Å². The first-order valence-corrected chi connectivity index (χ1v) is 5.86. The second-order valence-corrected chi connectivity index (χ2v) is 4.11. The molecule has 0 aliphatic heterocycles. The number of aliphatic hydroxyl groups excluding tert-OH is 1. The van der Waals surface area contributed by atoms with Crippen LogP contribution in [0.1, 0.15) is 36.3 Å². The molecule has 0 aliphatic rings. The smallest absolute Gasteiger partial charge is 0.396 e. The molecule has 0 saturated heterocycles. The number of rotatable bonds is 5. The third-order valence-corrected chi connectivity index (χ3v) is 2.59. The second kappa shape index (κ2) is 6.05. The number of amides is 1. The number of hydrogen-bond acceptors (Lipinski definition) is 3. The van der Waals surface area contributed by atoms with Crippen LogP contribution in [0.4, 0.5) is 13.2 Å². The standard InChI is InChI=1S/C11H16F3N3O2/c1-3-17-9(11(12,13)14)8(6-15-17)10(19)16-7(2)4-5-18/h6-7,18H,3-5H2,1-2H3,(H,16,19). The van der Waals surface area contributed by atoms with Gasteiger partial charge in [-0.1, -0.05) is 0 Å². The summed E-state index contributed by atoms with van der Waals surface area (Å²) in [6.07, 6.45) is -3.46. The molecule has 1 unspecified atom stereocenters. The number of nitrogens with zero attached hydrogens (tertiary/aromatic N) is 2. The lowest BCUT2D eigenvalue weighted by Gasteiger charge is -2.14. The molecule has 1 amide bonds. The summed E-state index contributed by atoms with van der Waals surface area (Å²) in [7, 11) is 0. The number of aryl methyl sites for hydroxylation is 1. The van der Waals surface area contributed by atoms with Gasteiger partial charge in [0.15, 0.2) is 5.69 Å². The third-order valence-electron chi connectivity index (χ3n) is 2.59. The van der Waals surface area contributed by atoms with E-state index in [0.29, 0.717) is 0 Å². The Bertz CT molecular complexity index is 443. The average molecular weight is 279 g/mol. The quantitative estimate of drug-likeness (QED) is 0.856. The number of aromatic nitrogens is 2. The Balaban J connectivity index is 3.01. The summed E-state index contributed by atoms with van der Waals surface area (Å²) < 4.78 is 39.4. The first-order valence-electron chi connectivity index (χ1n) is 5.86. The Morgan fingerprint density at radius 1 is 1.58 bits per heavy atom. The highest BCUT2D eigenvalue weighted by Gasteiger charge is 2.39. The van der Waals surface area contributed by atoms with Crippen LogP contribution >= 0.6 is 0 Å². The molecule has 5 nitrogen and oxygen atoms in total. The Hall–Kier alpha value is -1.57. The van der Waals surface area contributed by atoms with E-state index in [4.69, 9.17) is 5.11 Å². The molecule has 1 aromatic rings. The van der Waals surface area contributed by atoms with Crippen molar-refractivity contribution in [2.24, 2.45) is 0 Å². The predicted molar refractivity (Wildman–Crippen MR) is 61.5 cm³/mol. The molecular weight excluding hydrogens is 263 g/mol. The van der Waals surface area contributed by atoms with Gasteiger partial charge in [0.05, 0.1) is 11.8 Å². The molecule has 108 valence electrons. The highest BCUT2D eigenvalue weighted by molar-refractivity contribution is 5.95. The van der Waals surface area contributed by atoms with E-state index >= 15 is 0 Å². The van der Waals surface area contributed by atoms with Gasteiger partial charge in [-0.2, -0.15) is 18.3 Å². The number of nitrogens with one attached hydrogen (secondary N) is 1. The predicted octanol–water partition coefficient (Wildman–Crippen LogP) is 1.42. The van der Waals surface area contributed by atoms with E-state index in [1.807, 2.05) is 0 Å². The molecule has 0 fully saturated rings. The van der Waals surface area contributed by atoms with Crippen molar-refractivity contribution in [3.05, 3.63) is 17.5 Å². The minimum Gasteiger partial charge on any atom is -0.396 e. The molecule has 2 N–H and O–H groups in total. The van der Waals surface area contributed by atoms with Crippen molar-refractivity contribution in [2.75, 3.05) is 6.61 Å². The lowest BCUT2D eigenvalue weighted by atomic mass is 10.2.